The standard InChI is InChI=1S/C19H17FN2O/c20-17-8-5-14(6-9-17)11-12-21-19(23)22-18-10-7-15-3-1-2-4-16(15)13-18/h1-10,13H,11-12H2,(H2,21,22,23). The predicted octanol–water partition coefficient (Wildman–Crippen LogP) is 4.34. The summed E-state index contributed by atoms with van der Waals surface area (Å²) in [5, 5.41) is 7.83. The summed E-state index contributed by atoms with van der Waals surface area (Å²) < 4.78 is 12.8. The fourth-order valence-corrected chi connectivity index (χ4v) is 2.41. The van der Waals surface area contributed by atoms with E-state index in [-0.39, 0.29) is 11.8 Å². The van der Waals surface area contributed by atoms with Gasteiger partial charge in [-0.25, -0.2) is 9.18 Å². The molecule has 4 heteroatoms. The summed E-state index contributed by atoms with van der Waals surface area (Å²) in [6.45, 7) is 0.491. The Morgan fingerprint density at radius 2 is 1.65 bits per heavy atom. The number of fused-ring (bicyclic) bond motifs is 1. The Kier molecular flexibility index (Phi) is 4.52. The first kappa shape index (κ1) is 15.0. The molecule has 23 heavy (non-hydrogen) atoms. The molecule has 0 aromatic heterocycles. The van der Waals surface area contributed by atoms with Gasteiger partial charge in [0.25, 0.3) is 0 Å². The zero-order valence-corrected chi connectivity index (χ0v) is 12.6. The molecule has 0 saturated carbocycles. The predicted molar refractivity (Wildman–Crippen MR) is 91.1 cm³/mol. The molecule has 3 aromatic rings. The Morgan fingerprint density at radius 1 is 0.913 bits per heavy atom. The number of hydrogen-bond donors (Lipinski definition) is 2. The topological polar surface area (TPSA) is 41.1 Å². The van der Waals surface area contributed by atoms with Gasteiger partial charge in [-0.1, -0.05) is 42.5 Å². The molecule has 3 aromatic carbocycles. The third kappa shape index (κ3) is 4.07. The Morgan fingerprint density at radius 3 is 2.43 bits per heavy atom. The first-order valence-electron chi connectivity index (χ1n) is 7.49. The van der Waals surface area contributed by atoms with E-state index in [0.29, 0.717) is 13.0 Å². The van der Waals surface area contributed by atoms with E-state index in [1.807, 2.05) is 42.5 Å². The quantitative estimate of drug-likeness (QED) is 0.739. The highest BCUT2D eigenvalue weighted by Crippen LogP contribution is 2.18. The highest BCUT2D eigenvalue weighted by atomic mass is 19.1. The summed E-state index contributed by atoms with van der Waals surface area (Å²) in [6.07, 6.45) is 0.658. The van der Waals surface area contributed by atoms with Crippen LogP contribution in [0.25, 0.3) is 10.8 Å². The summed E-state index contributed by atoms with van der Waals surface area (Å²) >= 11 is 0. The van der Waals surface area contributed by atoms with Crippen molar-refractivity contribution >= 4 is 22.5 Å². The lowest BCUT2D eigenvalue weighted by Crippen LogP contribution is -2.30. The first-order chi connectivity index (χ1) is 11.2. The molecule has 3 rings (SSSR count). The lowest BCUT2D eigenvalue weighted by Gasteiger charge is -2.08. The van der Waals surface area contributed by atoms with Crippen molar-refractivity contribution in [3.63, 3.8) is 0 Å². The molecule has 0 saturated heterocycles. The van der Waals surface area contributed by atoms with Gasteiger partial charge in [0.05, 0.1) is 0 Å². The zero-order valence-electron chi connectivity index (χ0n) is 12.6. The van der Waals surface area contributed by atoms with Crippen LogP contribution in [-0.4, -0.2) is 12.6 Å². The highest BCUT2D eigenvalue weighted by molar-refractivity contribution is 5.93. The van der Waals surface area contributed by atoms with Gasteiger partial charge in [0, 0.05) is 12.2 Å². The highest BCUT2D eigenvalue weighted by Gasteiger charge is 2.02. The van der Waals surface area contributed by atoms with Gasteiger partial charge < -0.3 is 10.6 Å². The van der Waals surface area contributed by atoms with Crippen LogP contribution in [0.5, 0.6) is 0 Å². The van der Waals surface area contributed by atoms with Crippen LogP contribution in [0.3, 0.4) is 0 Å². The molecule has 0 atom stereocenters. The Balaban J connectivity index is 1.53. The average Bonchev–Trinajstić information content (AvgIpc) is 2.56. The average molecular weight is 308 g/mol. The normalized spacial score (nSPS) is 10.5. The summed E-state index contributed by atoms with van der Waals surface area (Å²) in [4.78, 5) is 11.9. The van der Waals surface area contributed by atoms with Gasteiger partial charge in [0.15, 0.2) is 0 Å². The molecule has 0 heterocycles. The smallest absolute Gasteiger partial charge is 0.319 e. The van der Waals surface area contributed by atoms with Gasteiger partial charge in [0.2, 0.25) is 0 Å². The molecule has 116 valence electrons. The Hall–Kier alpha value is -2.88. The number of urea groups is 1. The lowest BCUT2D eigenvalue weighted by molar-refractivity contribution is 0.252. The number of nitrogens with one attached hydrogen (secondary N) is 2. The number of halogens is 1. The van der Waals surface area contributed by atoms with Crippen molar-refractivity contribution in [1.29, 1.82) is 0 Å². The van der Waals surface area contributed by atoms with Crippen molar-refractivity contribution < 1.29 is 9.18 Å². The van der Waals surface area contributed by atoms with E-state index in [4.69, 9.17) is 0 Å². The molecule has 0 aliphatic rings. The first-order valence-corrected chi connectivity index (χ1v) is 7.49. The molecule has 0 fully saturated rings. The molecule has 0 spiro atoms. The number of amides is 2. The maximum Gasteiger partial charge on any atom is 0.319 e. The minimum absolute atomic E-state index is 0.248. The molecular weight excluding hydrogens is 291 g/mol. The van der Waals surface area contributed by atoms with Gasteiger partial charge in [-0.05, 0) is 47.0 Å². The molecular formula is C19H17FN2O. The van der Waals surface area contributed by atoms with Crippen LogP contribution in [-0.2, 0) is 6.42 Å². The third-order valence-electron chi connectivity index (χ3n) is 3.62. The number of anilines is 1. The zero-order chi connectivity index (χ0) is 16.1. The van der Waals surface area contributed by atoms with E-state index in [1.54, 1.807) is 12.1 Å². The molecule has 0 radical (unpaired) electrons. The molecule has 0 bridgehead atoms. The molecule has 3 nitrogen and oxygen atoms in total. The van der Waals surface area contributed by atoms with Crippen LogP contribution < -0.4 is 10.6 Å². The van der Waals surface area contributed by atoms with E-state index in [1.165, 1.54) is 12.1 Å². The number of rotatable bonds is 4. The van der Waals surface area contributed by atoms with Crippen LogP contribution in [0.1, 0.15) is 5.56 Å². The SMILES string of the molecule is O=C(NCCc1ccc(F)cc1)Nc1ccc2ccccc2c1. The summed E-state index contributed by atoms with van der Waals surface area (Å²) in [7, 11) is 0. The maximum absolute atomic E-state index is 12.8. The fraction of sp³-hybridized carbons (Fsp3) is 0.105. The van der Waals surface area contributed by atoms with Crippen molar-refractivity contribution in [2.75, 3.05) is 11.9 Å². The van der Waals surface area contributed by atoms with E-state index in [2.05, 4.69) is 10.6 Å². The Labute approximate surface area is 134 Å². The van der Waals surface area contributed by atoms with Gasteiger partial charge in [-0.3, -0.25) is 0 Å². The van der Waals surface area contributed by atoms with Crippen LogP contribution in [0.4, 0.5) is 14.9 Å². The van der Waals surface area contributed by atoms with Gasteiger partial charge in [0.1, 0.15) is 5.82 Å². The number of carbonyl (C=O) groups excluding carboxylic acids is 1. The van der Waals surface area contributed by atoms with Gasteiger partial charge >= 0.3 is 6.03 Å². The number of hydrogen-bond acceptors (Lipinski definition) is 1. The largest absolute Gasteiger partial charge is 0.338 e. The van der Waals surface area contributed by atoms with Gasteiger partial charge in [-0.15, -0.1) is 0 Å². The summed E-state index contributed by atoms with van der Waals surface area (Å²) in [6, 6.07) is 19.8. The minimum Gasteiger partial charge on any atom is -0.338 e. The number of benzene rings is 3. The third-order valence-corrected chi connectivity index (χ3v) is 3.62. The van der Waals surface area contributed by atoms with Crippen LogP contribution in [0, 0.1) is 5.82 Å². The Bertz CT molecular complexity index is 815. The molecule has 0 unspecified atom stereocenters. The molecule has 2 N–H and O–H groups in total. The molecule has 0 aliphatic carbocycles. The van der Waals surface area contributed by atoms with Gasteiger partial charge in [-0.2, -0.15) is 0 Å². The lowest BCUT2D eigenvalue weighted by atomic mass is 10.1. The second-order valence-electron chi connectivity index (χ2n) is 5.32. The molecule has 0 aliphatic heterocycles. The van der Waals surface area contributed by atoms with Crippen molar-refractivity contribution in [1.82, 2.24) is 5.32 Å². The van der Waals surface area contributed by atoms with Crippen molar-refractivity contribution in [2.45, 2.75) is 6.42 Å². The molecule has 2 amide bonds. The van der Waals surface area contributed by atoms with E-state index < -0.39 is 0 Å². The van der Waals surface area contributed by atoms with Crippen LogP contribution >= 0.6 is 0 Å². The van der Waals surface area contributed by atoms with Crippen molar-refractivity contribution in [2.24, 2.45) is 0 Å². The second-order valence-corrected chi connectivity index (χ2v) is 5.32. The second kappa shape index (κ2) is 6.92. The van der Waals surface area contributed by atoms with E-state index in [9.17, 15) is 9.18 Å². The number of carbonyl (C=O) groups is 1. The summed E-state index contributed by atoms with van der Waals surface area (Å²) in [5.74, 6) is -0.254. The monoisotopic (exact) mass is 308 g/mol. The summed E-state index contributed by atoms with van der Waals surface area (Å²) in [5.41, 5.74) is 1.74. The van der Waals surface area contributed by atoms with E-state index >= 15 is 0 Å². The van der Waals surface area contributed by atoms with E-state index in [0.717, 1.165) is 22.0 Å². The van der Waals surface area contributed by atoms with Crippen molar-refractivity contribution in [3.8, 4) is 0 Å². The minimum atomic E-state index is -0.254. The van der Waals surface area contributed by atoms with Crippen molar-refractivity contribution in [3.05, 3.63) is 78.1 Å². The maximum atomic E-state index is 12.8. The van der Waals surface area contributed by atoms with Crippen LogP contribution in [0.2, 0.25) is 0 Å². The van der Waals surface area contributed by atoms with Crippen LogP contribution in [0.15, 0.2) is 66.7 Å². The fourth-order valence-electron chi connectivity index (χ4n) is 2.41.